The van der Waals surface area contributed by atoms with Crippen LogP contribution in [0.2, 0.25) is 0 Å². The van der Waals surface area contributed by atoms with Crippen molar-refractivity contribution in [3.05, 3.63) is 36.4 Å². The number of alkyl halides is 3. The number of fused-ring (bicyclic) bond motifs is 1. The van der Waals surface area contributed by atoms with Crippen molar-refractivity contribution in [3.8, 4) is 11.4 Å². The molecule has 168 valence electrons. The molecule has 0 amide bonds. The SMILES string of the molecule is C[SH](C)(=O)NC[C@@H]1CN(c2cc(-c3cnc4ccc(C(F)(F)F)nn34)ncn2)CCO1. The van der Waals surface area contributed by atoms with E-state index in [1.165, 1.54) is 18.6 Å². The maximum Gasteiger partial charge on any atom is 0.435 e. The number of hydrogen-bond donors (Lipinski definition) is 2. The van der Waals surface area contributed by atoms with Crippen molar-refractivity contribution < 1.29 is 22.1 Å². The lowest BCUT2D eigenvalue weighted by Gasteiger charge is -2.34. The Morgan fingerprint density at radius 1 is 1.26 bits per heavy atom. The number of ether oxygens (including phenoxy) is 1. The number of nitrogens with one attached hydrogen (secondary N) is 1. The Balaban J connectivity index is 1.59. The van der Waals surface area contributed by atoms with Gasteiger partial charge in [-0.2, -0.15) is 18.3 Å². The van der Waals surface area contributed by atoms with Crippen molar-refractivity contribution >= 4 is 21.6 Å². The summed E-state index contributed by atoms with van der Waals surface area (Å²) in [7, 11) is -2.38. The fourth-order valence-corrected chi connectivity index (χ4v) is 3.88. The molecule has 0 aromatic carbocycles. The van der Waals surface area contributed by atoms with Gasteiger partial charge in [0.15, 0.2) is 11.3 Å². The highest BCUT2D eigenvalue weighted by molar-refractivity contribution is 7.99. The van der Waals surface area contributed by atoms with Crippen LogP contribution in [-0.2, 0) is 21.0 Å². The summed E-state index contributed by atoms with van der Waals surface area (Å²) in [5, 5.41) is 3.68. The molecule has 0 aliphatic carbocycles. The van der Waals surface area contributed by atoms with E-state index in [1.807, 2.05) is 4.90 Å². The number of thiol groups is 1. The lowest BCUT2D eigenvalue weighted by Crippen LogP contribution is -2.48. The fraction of sp³-hybridized carbons (Fsp3) is 0.444. The Hall–Kier alpha value is -2.64. The topological polar surface area (TPSA) is 97.5 Å². The van der Waals surface area contributed by atoms with Crippen LogP contribution in [0.1, 0.15) is 5.69 Å². The van der Waals surface area contributed by atoms with Crippen LogP contribution in [-0.4, -0.2) is 73.6 Å². The second-order valence-corrected chi connectivity index (χ2v) is 10.6. The third-order valence-electron chi connectivity index (χ3n) is 4.73. The van der Waals surface area contributed by atoms with Gasteiger partial charge >= 0.3 is 6.18 Å². The maximum absolute atomic E-state index is 13.1. The lowest BCUT2D eigenvalue weighted by molar-refractivity contribution is -0.141. The average molecular weight is 457 g/mol. The van der Waals surface area contributed by atoms with Crippen LogP contribution >= 0.6 is 0 Å². The Morgan fingerprint density at radius 2 is 2.06 bits per heavy atom. The van der Waals surface area contributed by atoms with Crippen LogP contribution in [0.3, 0.4) is 0 Å². The molecule has 3 aromatic rings. The van der Waals surface area contributed by atoms with Gasteiger partial charge in [-0.15, -0.1) is 0 Å². The van der Waals surface area contributed by atoms with E-state index in [0.29, 0.717) is 43.4 Å². The summed E-state index contributed by atoms with van der Waals surface area (Å²) in [4.78, 5) is 14.6. The summed E-state index contributed by atoms with van der Waals surface area (Å²) in [6.45, 7) is 2.02. The highest BCUT2D eigenvalue weighted by Gasteiger charge is 2.33. The first-order chi connectivity index (χ1) is 14.6. The Kier molecular flexibility index (Phi) is 5.66. The van der Waals surface area contributed by atoms with E-state index in [4.69, 9.17) is 4.74 Å². The summed E-state index contributed by atoms with van der Waals surface area (Å²) in [5.41, 5.74) is -0.00309. The first-order valence-corrected chi connectivity index (χ1v) is 12.1. The second kappa shape index (κ2) is 8.13. The van der Waals surface area contributed by atoms with Gasteiger partial charge in [0, 0.05) is 38.2 Å². The Bertz CT molecular complexity index is 1130. The summed E-state index contributed by atoms with van der Waals surface area (Å²) in [6, 6.07) is 3.85. The van der Waals surface area contributed by atoms with Crippen molar-refractivity contribution in [3.63, 3.8) is 0 Å². The van der Waals surface area contributed by atoms with E-state index in [-0.39, 0.29) is 11.8 Å². The summed E-state index contributed by atoms with van der Waals surface area (Å²) in [6.07, 6.45) is 1.35. The Morgan fingerprint density at radius 3 is 2.81 bits per heavy atom. The first-order valence-electron chi connectivity index (χ1n) is 9.51. The number of halogens is 3. The summed E-state index contributed by atoms with van der Waals surface area (Å²) < 4.78 is 61.0. The van der Waals surface area contributed by atoms with Crippen molar-refractivity contribution in [1.29, 1.82) is 0 Å². The molecule has 4 heterocycles. The molecular formula is C18H22F3N7O2S. The number of rotatable bonds is 5. The number of nitrogens with zero attached hydrogens (tertiary/aromatic N) is 6. The zero-order chi connectivity index (χ0) is 22.2. The number of anilines is 1. The fourth-order valence-electron chi connectivity index (χ4n) is 3.23. The van der Waals surface area contributed by atoms with E-state index < -0.39 is 22.0 Å². The predicted octanol–water partition coefficient (Wildman–Crippen LogP) is 1.19. The molecule has 4 rings (SSSR count). The van der Waals surface area contributed by atoms with E-state index in [2.05, 4.69) is 24.8 Å². The largest absolute Gasteiger partial charge is 0.435 e. The van der Waals surface area contributed by atoms with Gasteiger partial charge in [-0.1, -0.05) is 10.1 Å². The molecule has 1 atom stereocenters. The highest BCUT2D eigenvalue weighted by Crippen LogP contribution is 2.29. The van der Waals surface area contributed by atoms with Crippen LogP contribution in [0.4, 0.5) is 19.0 Å². The van der Waals surface area contributed by atoms with Crippen molar-refractivity contribution in [2.45, 2.75) is 12.3 Å². The molecule has 0 spiro atoms. The molecule has 0 saturated carbocycles. The van der Waals surface area contributed by atoms with Gasteiger partial charge in [0.1, 0.15) is 17.8 Å². The number of morpholine rings is 1. The van der Waals surface area contributed by atoms with Crippen molar-refractivity contribution in [2.75, 3.05) is 43.7 Å². The molecule has 1 aliphatic heterocycles. The van der Waals surface area contributed by atoms with E-state index >= 15 is 0 Å². The lowest BCUT2D eigenvalue weighted by atomic mass is 10.2. The minimum atomic E-state index is -4.57. The first kappa shape index (κ1) is 21.6. The van der Waals surface area contributed by atoms with Crippen LogP contribution < -0.4 is 9.62 Å². The minimum absolute atomic E-state index is 0.174. The third-order valence-corrected chi connectivity index (χ3v) is 5.67. The second-order valence-electron chi connectivity index (χ2n) is 7.54. The monoisotopic (exact) mass is 457 g/mol. The van der Waals surface area contributed by atoms with Crippen LogP contribution in [0, 0.1) is 0 Å². The van der Waals surface area contributed by atoms with Gasteiger partial charge in [0.2, 0.25) is 0 Å². The average Bonchev–Trinajstić information content (AvgIpc) is 3.15. The zero-order valence-electron chi connectivity index (χ0n) is 16.9. The molecule has 1 N–H and O–H groups in total. The predicted molar refractivity (Wildman–Crippen MR) is 110 cm³/mol. The molecule has 9 nitrogen and oxygen atoms in total. The molecule has 0 unspecified atom stereocenters. The molecule has 0 radical (unpaired) electrons. The van der Waals surface area contributed by atoms with Gasteiger partial charge in [-0.25, -0.2) is 19.5 Å². The molecule has 1 fully saturated rings. The van der Waals surface area contributed by atoms with Crippen molar-refractivity contribution in [2.24, 2.45) is 0 Å². The maximum atomic E-state index is 13.1. The molecule has 1 aliphatic rings. The van der Waals surface area contributed by atoms with E-state index in [1.54, 1.807) is 18.6 Å². The van der Waals surface area contributed by atoms with Gasteiger partial charge in [0.25, 0.3) is 0 Å². The molecule has 1 saturated heterocycles. The van der Waals surface area contributed by atoms with Crippen LogP contribution in [0.25, 0.3) is 17.0 Å². The van der Waals surface area contributed by atoms with Gasteiger partial charge in [-0.3, -0.25) is 8.93 Å². The van der Waals surface area contributed by atoms with Crippen LogP contribution in [0.15, 0.2) is 30.7 Å². The normalized spacial score (nSPS) is 18.5. The molecular weight excluding hydrogens is 435 g/mol. The zero-order valence-corrected chi connectivity index (χ0v) is 17.8. The smallest absolute Gasteiger partial charge is 0.373 e. The van der Waals surface area contributed by atoms with Crippen molar-refractivity contribution in [1.82, 2.24) is 29.3 Å². The molecule has 0 bridgehead atoms. The summed E-state index contributed by atoms with van der Waals surface area (Å²) in [5.74, 6) is 0.608. The van der Waals surface area contributed by atoms with Gasteiger partial charge in [-0.05, 0) is 12.1 Å². The van der Waals surface area contributed by atoms with E-state index in [0.717, 1.165) is 10.6 Å². The Labute approximate surface area is 177 Å². The molecule has 3 aromatic heterocycles. The van der Waals surface area contributed by atoms with E-state index in [9.17, 15) is 17.4 Å². The number of imidazole rings is 1. The van der Waals surface area contributed by atoms with Gasteiger partial charge in [0.05, 0.1) is 24.6 Å². The molecule has 13 heteroatoms. The van der Waals surface area contributed by atoms with Crippen LogP contribution in [0.5, 0.6) is 0 Å². The standard InChI is InChI=1S/C18H22F3N7O2S/c1-31(2,29)25-8-12-10-27(5-6-30-12)17-7-13(23-11-24-17)14-9-22-16-4-3-15(18(19,20)21)26-28(14)16/h3-4,7,9,11-12,31H,5-6,8,10H2,1-2H3,(H,25,29)/t12-/m1/s1. The minimum Gasteiger partial charge on any atom is -0.373 e. The quantitative estimate of drug-likeness (QED) is 0.556. The number of hydrogen-bond acceptors (Lipinski definition) is 7. The summed E-state index contributed by atoms with van der Waals surface area (Å²) >= 11 is 0. The van der Waals surface area contributed by atoms with Gasteiger partial charge < -0.3 is 9.64 Å². The third kappa shape index (κ3) is 4.99. The highest BCUT2D eigenvalue weighted by atomic mass is 32.3. The molecule has 31 heavy (non-hydrogen) atoms. The number of aromatic nitrogens is 5.